The molecule has 176 valence electrons. The first-order valence-electron chi connectivity index (χ1n) is 9.31. The summed E-state index contributed by atoms with van der Waals surface area (Å²) >= 11 is 6.04. The van der Waals surface area contributed by atoms with Crippen molar-refractivity contribution in [3.8, 4) is 28.3 Å². The van der Waals surface area contributed by atoms with Crippen molar-refractivity contribution in [1.29, 1.82) is 0 Å². The molecule has 0 aliphatic heterocycles. The maximum absolute atomic E-state index is 14.5. The summed E-state index contributed by atoms with van der Waals surface area (Å²) in [6.07, 6.45) is -4.47. The van der Waals surface area contributed by atoms with Crippen molar-refractivity contribution in [2.45, 2.75) is 6.18 Å². The third-order valence-electron chi connectivity index (χ3n) is 4.77. The van der Waals surface area contributed by atoms with E-state index in [4.69, 9.17) is 16.1 Å². The molecule has 0 saturated heterocycles. The summed E-state index contributed by atoms with van der Waals surface area (Å²) in [5, 5.41) is 9.23. The van der Waals surface area contributed by atoms with Gasteiger partial charge in [-0.1, -0.05) is 22.8 Å². The topological polar surface area (TPSA) is 73.0 Å². The molecule has 0 bridgehead atoms. The molecule has 2 aromatic carbocycles. The van der Waals surface area contributed by atoms with E-state index in [1.807, 2.05) is 0 Å². The fourth-order valence-electron chi connectivity index (χ4n) is 3.33. The van der Waals surface area contributed by atoms with Crippen LogP contribution in [0.5, 0.6) is 0 Å². The summed E-state index contributed by atoms with van der Waals surface area (Å²) in [4.78, 5) is 12.6. The Morgan fingerprint density at radius 3 is 2.47 bits per heavy atom. The third kappa shape index (κ3) is 3.89. The van der Waals surface area contributed by atoms with Crippen LogP contribution in [0.25, 0.3) is 28.3 Å². The Labute approximate surface area is 191 Å². The standard InChI is InChI=1S/C21H11ClF6N4O2/c1-29-20(33)16-17(15-11(22)3-2-4-12(15)24)31-34-18(16)10-8-30-32(19(10)21(26,27)28)14-6-5-9(23)7-13(14)25/h2-8H,1H3,(H,29,33). The highest BCUT2D eigenvalue weighted by atomic mass is 35.5. The van der Waals surface area contributed by atoms with E-state index in [1.165, 1.54) is 19.2 Å². The van der Waals surface area contributed by atoms with Gasteiger partial charge in [0.05, 0.1) is 22.3 Å². The number of halogens is 7. The van der Waals surface area contributed by atoms with Crippen molar-refractivity contribution in [2.24, 2.45) is 0 Å². The van der Waals surface area contributed by atoms with E-state index in [9.17, 15) is 31.1 Å². The molecule has 0 aliphatic rings. The Bertz CT molecular complexity index is 1390. The summed E-state index contributed by atoms with van der Waals surface area (Å²) < 4.78 is 89.6. The molecule has 0 fully saturated rings. The van der Waals surface area contributed by atoms with Gasteiger partial charge in [0.15, 0.2) is 17.3 Å². The fraction of sp³-hybridized carbons (Fsp3) is 0.0952. The third-order valence-corrected chi connectivity index (χ3v) is 5.08. The molecule has 0 spiro atoms. The van der Waals surface area contributed by atoms with Crippen molar-refractivity contribution in [3.63, 3.8) is 0 Å². The summed E-state index contributed by atoms with van der Waals surface area (Å²) in [5.74, 6) is -4.90. The smallest absolute Gasteiger partial charge is 0.355 e. The molecule has 0 unspecified atom stereocenters. The zero-order valence-electron chi connectivity index (χ0n) is 16.8. The van der Waals surface area contributed by atoms with Crippen molar-refractivity contribution < 1.29 is 35.7 Å². The Hall–Kier alpha value is -3.80. The minimum atomic E-state index is -5.14. The van der Waals surface area contributed by atoms with E-state index in [1.54, 1.807) is 0 Å². The van der Waals surface area contributed by atoms with Crippen molar-refractivity contribution in [2.75, 3.05) is 7.05 Å². The molecule has 0 atom stereocenters. The van der Waals surface area contributed by atoms with E-state index in [-0.39, 0.29) is 15.3 Å². The summed E-state index contributed by atoms with van der Waals surface area (Å²) in [6.45, 7) is 0. The number of carbonyl (C=O) groups is 1. The lowest BCUT2D eigenvalue weighted by molar-refractivity contribution is -0.142. The number of amides is 1. The summed E-state index contributed by atoms with van der Waals surface area (Å²) in [7, 11) is 1.19. The second kappa shape index (κ2) is 8.52. The van der Waals surface area contributed by atoms with Crippen molar-refractivity contribution in [1.82, 2.24) is 20.3 Å². The number of hydrogen-bond donors (Lipinski definition) is 1. The number of alkyl halides is 3. The van der Waals surface area contributed by atoms with Crippen molar-refractivity contribution >= 4 is 17.5 Å². The lowest BCUT2D eigenvalue weighted by Gasteiger charge is -2.13. The average molecular weight is 501 g/mol. The van der Waals surface area contributed by atoms with Crippen molar-refractivity contribution in [3.05, 3.63) is 76.3 Å². The van der Waals surface area contributed by atoms with Gasteiger partial charge in [-0.2, -0.15) is 18.3 Å². The highest BCUT2D eigenvalue weighted by Crippen LogP contribution is 2.43. The summed E-state index contributed by atoms with van der Waals surface area (Å²) in [5.41, 5.74) is -4.42. The number of carbonyl (C=O) groups excluding carboxylic acids is 1. The maximum atomic E-state index is 14.5. The molecule has 6 nitrogen and oxygen atoms in total. The monoisotopic (exact) mass is 500 g/mol. The van der Waals surface area contributed by atoms with Gasteiger partial charge >= 0.3 is 6.18 Å². The van der Waals surface area contributed by atoms with Crippen LogP contribution >= 0.6 is 11.6 Å². The SMILES string of the molecule is CNC(=O)c1c(-c2c(F)cccc2Cl)noc1-c1cnn(-c2ccc(F)cc2F)c1C(F)(F)F. The van der Waals surface area contributed by atoms with Gasteiger partial charge < -0.3 is 9.84 Å². The molecule has 4 aromatic rings. The predicted molar refractivity (Wildman–Crippen MR) is 108 cm³/mol. The zero-order chi connectivity index (χ0) is 24.8. The van der Waals surface area contributed by atoms with Gasteiger partial charge in [0.25, 0.3) is 5.91 Å². The first-order chi connectivity index (χ1) is 16.0. The largest absolute Gasteiger partial charge is 0.434 e. The average Bonchev–Trinajstić information content (AvgIpc) is 3.37. The molecule has 1 amide bonds. The fourth-order valence-corrected chi connectivity index (χ4v) is 3.58. The van der Waals surface area contributed by atoms with Crippen LogP contribution in [0, 0.1) is 17.5 Å². The number of aromatic nitrogens is 3. The van der Waals surface area contributed by atoms with Gasteiger partial charge in [-0.05, 0) is 24.3 Å². The molecular weight excluding hydrogens is 490 g/mol. The van der Waals surface area contributed by atoms with Crippen LogP contribution in [-0.4, -0.2) is 27.9 Å². The van der Waals surface area contributed by atoms with E-state index in [0.717, 1.165) is 18.2 Å². The van der Waals surface area contributed by atoms with Gasteiger partial charge in [0, 0.05) is 13.1 Å². The van der Waals surface area contributed by atoms with Crippen LogP contribution in [0.3, 0.4) is 0 Å². The molecule has 2 aromatic heterocycles. The van der Waals surface area contributed by atoms with Gasteiger partial charge in [-0.3, -0.25) is 4.79 Å². The quantitative estimate of drug-likeness (QED) is 0.368. The van der Waals surface area contributed by atoms with Gasteiger partial charge in [-0.25, -0.2) is 17.9 Å². The Balaban J connectivity index is 2.02. The Morgan fingerprint density at radius 1 is 1.12 bits per heavy atom. The van der Waals surface area contributed by atoms with Gasteiger partial charge in [0.2, 0.25) is 0 Å². The van der Waals surface area contributed by atoms with Gasteiger partial charge in [-0.15, -0.1) is 0 Å². The molecule has 1 N–H and O–H groups in total. The van der Waals surface area contributed by atoms with E-state index in [0.29, 0.717) is 12.3 Å². The second-order valence-corrected chi connectivity index (χ2v) is 7.23. The minimum absolute atomic E-state index is 0.176. The Kier molecular flexibility index (Phi) is 5.86. The van der Waals surface area contributed by atoms with Crippen LogP contribution in [-0.2, 0) is 6.18 Å². The normalized spacial score (nSPS) is 11.6. The zero-order valence-corrected chi connectivity index (χ0v) is 17.6. The highest BCUT2D eigenvalue weighted by molar-refractivity contribution is 6.33. The number of hydrogen-bond acceptors (Lipinski definition) is 4. The number of nitrogens with one attached hydrogen (secondary N) is 1. The van der Waals surface area contributed by atoms with Crippen LogP contribution in [0.1, 0.15) is 16.1 Å². The van der Waals surface area contributed by atoms with Crippen LogP contribution < -0.4 is 5.32 Å². The molecular formula is C21H11ClF6N4O2. The lowest BCUT2D eigenvalue weighted by atomic mass is 10.0. The predicted octanol–water partition coefficient (Wildman–Crippen LogP) is 5.64. The lowest BCUT2D eigenvalue weighted by Crippen LogP contribution is -2.20. The molecule has 0 saturated carbocycles. The molecule has 2 heterocycles. The highest BCUT2D eigenvalue weighted by Gasteiger charge is 2.42. The van der Waals surface area contributed by atoms with Crippen LogP contribution in [0.4, 0.5) is 26.3 Å². The molecule has 0 aliphatic carbocycles. The van der Waals surface area contributed by atoms with E-state index < -0.39 is 63.5 Å². The van der Waals surface area contributed by atoms with Crippen LogP contribution in [0.2, 0.25) is 5.02 Å². The van der Waals surface area contributed by atoms with E-state index in [2.05, 4.69) is 15.6 Å². The van der Waals surface area contributed by atoms with E-state index >= 15 is 0 Å². The number of rotatable bonds is 4. The molecule has 4 rings (SSSR count). The molecule has 0 radical (unpaired) electrons. The number of nitrogens with zero attached hydrogens (tertiary/aromatic N) is 3. The Morgan fingerprint density at radius 2 is 1.85 bits per heavy atom. The summed E-state index contributed by atoms with van der Waals surface area (Å²) in [6, 6.07) is 5.49. The molecule has 34 heavy (non-hydrogen) atoms. The molecule has 13 heteroatoms. The minimum Gasteiger partial charge on any atom is -0.355 e. The first-order valence-corrected chi connectivity index (χ1v) is 9.69. The number of benzene rings is 2. The second-order valence-electron chi connectivity index (χ2n) is 6.82. The maximum Gasteiger partial charge on any atom is 0.434 e. The van der Waals surface area contributed by atoms with Crippen LogP contribution in [0.15, 0.2) is 47.1 Å². The van der Waals surface area contributed by atoms with Gasteiger partial charge in [0.1, 0.15) is 28.6 Å². The first kappa shape index (κ1) is 23.4.